The van der Waals surface area contributed by atoms with Crippen molar-refractivity contribution >= 4 is 15.8 Å². The molecule has 0 N–H and O–H groups in total. The predicted molar refractivity (Wildman–Crippen MR) is 92.5 cm³/mol. The predicted octanol–water partition coefficient (Wildman–Crippen LogP) is 3.95. The van der Waals surface area contributed by atoms with Crippen molar-refractivity contribution in [2.75, 3.05) is 27.7 Å². The topological polar surface area (TPSA) is 43.4 Å². The molecule has 0 saturated heterocycles. The van der Waals surface area contributed by atoms with Gasteiger partial charge in [0.15, 0.2) is 0 Å². The minimum Gasteiger partial charge on any atom is -0.298 e. The zero-order valence-corrected chi connectivity index (χ0v) is 15.2. The van der Waals surface area contributed by atoms with Crippen LogP contribution >= 0.6 is 0 Å². The Morgan fingerprint density at radius 2 is 1.45 bits per heavy atom. The van der Waals surface area contributed by atoms with Crippen LogP contribution in [0.2, 0.25) is 0 Å². The Labute approximate surface area is 135 Å². The van der Waals surface area contributed by atoms with Crippen molar-refractivity contribution in [2.45, 2.75) is 50.3 Å². The molecule has 0 fully saturated rings. The summed E-state index contributed by atoms with van der Waals surface area (Å²) in [5, 5.41) is 0. The minimum absolute atomic E-state index is 0.232. The highest BCUT2D eigenvalue weighted by Gasteiger charge is 2.17. The molecule has 0 aliphatic rings. The summed E-state index contributed by atoms with van der Waals surface area (Å²) in [5.74, 6) is 0. The highest BCUT2D eigenvalue weighted by molar-refractivity contribution is 7.86. The summed E-state index contributed by atoms with van der Waals surface area (Å²) in [6, 6.07) is 6.91. The third-order valence-electron chi connectivity index (χ3n) is 3.64. The van der Waals surface area contributed by atoms with Crippen molar-refractivity contribution in [3.8, 4) is 0 Å². The Morgan fingerprint density at radius 3 is 2.00 bits per heavy atom. The highest BCUT2D eigenvalue weighted by atomic mass is 32.2. The maximum absolute atomic E-state index is 12.1. The van der Waals surface area contributed by atoms with Gasteiger partial charge in [-0.05, 0) is 18.6 Å². The van der Waals surface area contributed by atoms with Crippen molar-refractivity contribution in [3.05, 3.63) is 24.3 Å². The fourth-order valence-corrected chi connectivity index (χ4v) is 3.12. The van der Waals surface area contributed by atoms with Crippen LogP contribution in [0.1, 0.15) is 45.4 Å². The van der Waals surface area contributed by atoms with E-state index in [9.17, 15) is 8.42 Å². The van der Waals surface area contributed by atoms with E-state index in [-0.39, 0.29) is 11.5 Å². The fourth-order valence-electron chi connectivity index (χ4n) is 2.18. The summed E-state index contributed by atoms with van der Waals surface area (Å²) in [7, 11) is 2.49. The van der Waals surface area contributed by atoms with Crippen LogP contribution in [0.3, 0.4) is 0 Å². The minimum atomic E-state index is -3.63. The van der Waals surface area contributed by atoms with Gasteiger partial charge in [0, 0.05) is 12.1 Å². The summed E-state index contributed by atoms with van der Waals surface area (Å²) in [6.45, 7) is 2.45. The molecule has 0 atom stereocenters. The quantitative estimate of drug-likeness (QED) is 0.371. The molecule has 0 saturated carbocycles. The van der Waals surface area contributed by atoms with Gasteiger partial charge in [-0.25, -0.2) is 0 Å². The summed E-state index contributed by atoms with van der Waals surface area (Å²) < 4.78 is 30.0. The molecule has 1 aromatic rings. The molecule has 0 aliphatic heterocycles. The van der Waals surface area contributed by atoms with Crippen LogP contribution < -0.4 is 4.48 Å². The van der Waals surface area contributed by atoms with Gasteiger partial charge in [0.25, 0.3) is 10.1 Å². The third kappa shape index (κ3) is 6.46. The number of hydrogen-bond donors (Lipinski definition) is 0. The third-order valence-corrected chi connectivity index (χ3v) is 4.96. The summed E-state index contributed by atoms with van der Waals surface area (Å²) in [4.78, 5) is 0.232. The van der Waals surface area contributed by atoms with Gasteiger partial charge in [-0.3, -0.25) is 8.67 Å². The number of quaternary nitrogens is 1. The van der Waals surface area contributed by atoms with Gasteiger partial charge >= 0.3 is 0 Å². The van der Waals surface area contributed by atoms with Crippen molar-refractivity contribution < 1.29 is 12.6 Å². The molecular formula is C17H30NO3S+. The molecular weight excluding hydrogens is 298 g/mol. The van der Waals surface area contributed by atoms with E-state index in [4.69, 9.17) is 4.18 Å². The number of nitrogens with zero attached hydrogens (tertiary/aromatic N) is 1. The molecule has 0 aromatic heterocycles. The van der Waals surface area contributed by atoms with Crippen molar-refractivity contribution in [3.63, 3.8) is 0 Å². The van der Waals surface area contributed by atoms with Crippen molar-refractivity contribution in [2.24, 2.45) is 0 Å². The molecule has 4 nitrogen and oxygen atoms in total. The van der Waals surface area contributed by atoms with Gasteiger partial charge in [-0.1, -0.05) is 39.0 Å². The first kappa shape index (κ1) is 19.1. The van der Waals surface area contributed by atoms with E-state index < -0.39 is 10.1 Å². The second-order valence-corrected chi connectivity index (χ2v) is 8.17. The van der Waals surface area contributed by atoms with Crippen LogP contribution in [-0.4, -0.2) is 36.2 Å². The molecule has 1 aromatic carbocycles. The maximum atomic E-state index is 12.1. The number of rotatable bonds is 10. The van der Waals surface area contributed by atoms with Crippen LogP contribution in [0.4, 0.5) is 5.69 Å². The average Bonchev–Trinajstić information content (AvgIpc) is 2.45. The molecule has 0 radical (unpaired) electrons. The van der Waals surface area contributed by atoms with E-state index in [1.54, 1.807) is 12.1 Å². The Morgan fingerprint density at radius 1 is 0.909 bits per heavy atom. The standard InChI is InChI=1S/C17H30NO3S/c1-5-6-7-8-9-10-15-21-22(19,20)17-13-11-16(12-14-17)18(2,3)4/h11-14H,5-10,15H2,1-4H3/q+1. The molecule has 1 rings (SSSR count). The van der Waals surface area contributed by atoms with Gasteiger partial charge in [0.1, 0.15) is 5.69 Å². The van der Waals surface area contributed by atoms with E-state index in [2.05, 4.69) is 6.92 Å². The Hall–Kier alpha value is -0.910. The zero-order chi connectivity index (χ0) is 16.6. The highest BCUT2D eigenvalue weighted by Crippen LogP contribution is 2.21. The van der Waals surface area contributed by atoms with Crippen LogP contribution in [-0.2, 0) is 14.3 Å². The Balaban J connectivity index is 2.46. The van der Waals surface area contributed by atoms with E-state index >= 15 is 0 Å². The lowest BCUT2D eigenvalue weighted by Crippen LogP contribution is -2.34. The van der Waals surface area contributed by atoms with E-state index in [0.717, 1.165) is 24.9 Å². The van der Waals surface area contributed by atoms with Crippen LogP contribution in [0, 0.1) is 0 Å². The number of benzene rings is 1. The lowest BCUT2D eigenvalue weighted by molar-refractivity contribution is 0.306. The summed E-state index contributed by atoms with van der Waals surface area (Å²) in [5.41, 5.74) is 1.05. The first-order valence-corrected chi connectivity index (χ1v) is 9.49. The summed E-state index contributed by atoms with van der Waals surface area (Å²) in [6.07, 6.45) is 6.65. The molecule has 0 amide bonds. The zero-order valence-electron chi connectivity index (χ0n) is 14.3. The van der Waals surface area contributed by atoms with Crippen molar-refractivity contribution in [1.82, 2.24) is 4.48 Å². The Kier molecular flexibility index (Phi) is 7.53. The van der Waals surface area contributed by atoms with Gasteiger partial charge in [0.2, 0.25) is 0 Å². The largest absolute Gasteiger partial charge is 0.298 e. The molecule has 0 aliphatic carbocycles. The van der Waals surface area contributed by atoms with Crippen molar-refractivity contribution in [1.29, 1.82) is 0 Å². The number of unbranched alkanes of at least 4 members (excludes halogenated alkanes) is 5. The lowest BCUT2D eigenvalue weighted by Gasteiger charge is -2.23. The smallest absolute Gasteiger partial charge is 0.296 e. The first-order chi connectivity index (χ1) is 10.3. The fraction of sp³-hybridized carbons (Fsp3) is 0.647. The van der Waals surface area contributed by atoms with Crippen LogP contribution in [0.5, 0.6) is 0 Å². The SMILES string of the molecule is CCCCCCCCOS(=O)(=O)c1ccc([N+](C)(C)C)cc1. The molecule has 22 heavy (non-hydrogen) atoms. The van der Waals surface area contributed by atoms with Gasteiger partial charge in [0.05, 0.1) is 32.6 Å². The van der Waals surface area contributed by atoms with E-state index in [1.807, 2.05) is 33.3 Å². The molecule has 0 bridgehead atoms. The van der Waals surface area contributed by atoms with Gasteiger partial charge in [-0.15, -0.1) is 0 Å². The van der Waals surface area contributed by atoms with Crippen LogP contribution in [0.15, 0.2) is 29.2 Å². The maximum Gasteiger partial charge on any atom is 0.296 e. The normalized spacial score (nSPS) is 12.5. The molecule has 0 unspecified atom stereocenters. The average molecular weight is 328 g/mol. The van der Waals surface area contributed by atoms with Gasteiger partial charge < -0.3 is 0 Å². The lowest BCUT2D eigenvalue weighted by atomic mass is 10.1. The van der Waals surface area contributed by atoms with Crippen LogP contribution in [0.25, 0.3) is 0 Å². The molecule has 0 heterocycles. The first-order valence-electron chi connectivity index (χ1n) is 8.09. The Bertz CT molecular complexity index is 530. The monoisotopic (exact) mass is 328 g/mol. The second kappa shape index (κ2) is 8.65. The summed E-state index contributed by atoms with van der Waals surface area (Å²) >= 11 is 0. The molecule has 5 heteroatoms. The number of hydrogen-bond acceptors (Lipinski definition) is 3. The molecule has 126 valence electrons. The molecule has 0 spiro atoms. The van der Waals surface area contributed by atoms with E-state index in [0.29, 0.717) is 4.48 Å². The second-order valence-electron chi connectivity index (χ2n) is 6.55. The van der Waals surface area contributed by atoms with Gasteiger partial charge in [-0.2, -0.15) is 8.42 Å². The van der Waals surface area contributed by atoms with E-state index in [1.165, 1.54) is 19.3 Å².